The molecule has 0 rings (SSSR count). The Morgan fingerprint density at radius 2 is 0.375 bits per heavy atom. The van der Waals surface area contributed by atoms with Crippen molar-refractivity contribution in [3.8, 4) is 0 Å². The Kier molecular flexibility index (Phi) is 64.8. The van der Waals surface area contributed by atoms with Crippen molar-refractivity contribution in [2.45, 2.75) is 77.0 Å². The molecule has 32 heavy (non-hydrogen) atoms. The molecule has 0 aliphatic heterocycles. The van der Waals surface area contributed by atoms with Gasteiger partial charge in [0.25, 0.3) is 0 Å². The molecule has 0 fully saturated rings. The molecule has 0 aromatic carbocycles. The van der Waals surface area contributed by atoms with Crippen LogP contribution in [0.4, 0.5) is 0 Å². The van der Waals surface area contributed by atoms with Gasteiger partial charge < -0.3 is 63.8 Å². The maximum Gasteiger partial charge on any atom is 0.324 e. The van der Waals surface area contributed by atoms with Crippen LogP contribution < -0.4 is 34.4 Å². The Morgan fingerprint density at radius 3 is 0.438 bits per heavy atom. The molecular weight excluding hydrogens is 458 g/mol. The third-order valence-electron chi connectivity index (χ3n) is 3.47. The Hall–Kier alpha value is 0.380. The standard InChI is InChI=1S/3C6H16N2.2H3O3P/c3*7-5-3-1-2-4-6-8;2*1-4(2)3/h3*1-8H2;2*1-3H. The summed E-state index contributed by atoms with van der Waals surface area (Å²) in [5, 5.41) is 0. The first-order valence-electron chi connectivity index (χ1n) is 11.1. The summed E-state index contributed by atoms with van der Waals surface area (Å²) in [6.45, 7) is 4.94. The predicted octanol–water partition coefficient (Wildman–Crippen LogP) is -0.227. The summed E-state index contributed by atoms with van der Waals surface area (Å²) in [5.74, 6) is 0. The van der Waals surface area contributed by atoms with Crippen molar-refractivity contribution in [3.63, 3.8) is 0 Å². The lowest BCUT2D eigenvalue weighted by Crippen LogP contribution is -2.00. The van der Waals surface area contributed by atoms with Gasteiger partial charge in [0.15, 0.2) is 0 Å². The molecule has 0 aliphatic carbocycles. The molecule has 0 unspecified atom stereocenters. The van der Waals surface area contributed by atoms with Crippen molar-refractivity contribution < 1.29 is 29.4 Å². The minimum Gasteiger partial charge on any atom is -0.330 e. The van der Waals surface area contributed by atoms with Crippen LogP contribution in [0.25, 0.3) is 0 Å². The Bertz CT molecular complexity index is 210. The number of hydrogen-bond donors (Lipinski definition) is 12. The van der Waals surface area contributed by atoms with Crippen LogP contribution in [-0.4, -0.2) is 68.6 Å². The minimum atomic E-state index is -2.62. The van der Waals surface area contributed by atoms with Crippen LogP contribution in [0.2, 0.25) is 0 Å². The minimum absolute atomic E-state index is 0.824. The third kappa shape index (κ3) is 111. The average molecular weight is 513 g/mol. The fourth-order valence-corrected chi connectivity index (χ4v) is 1.93. The fraction of sp³-hybridized carbons (Fsp3) is 1.00. The molecular formula is C18H54N6O6P2. The highest BCUT2D eigenvalue weighted by Crippen LogP contribution is 2.12. The van der Waals surface area contributed by atoms with E-state index in [1.54, 1.807) is 0 Å². The van der Waals surface area contributed by atoms with E-state index in [0.29, 0.717) is 0 Å². The van der Waals surface area contributed by atoms with Crippen molar-refractivity contribution in [2.75, 3.05) is 39.3 Å². The second kappa shape index (κ2) is 48.7. The van der Waals surface area contributed by atoms with E-state index in [4.69, 9.17) is 63.8 Å². The van der Waals surface area contributed by atoms with E-state index < -0.39 is 17.2 Å². The molecule has 0 saturated carbocycles. The topological polar surface area (TPSA) is 278 Å². The Morgan fingerprint density at radius 1 is 0.281 bits per heavy atom. The number of nitrogens with two attached hydrogens (primary N) is 6. The van der Waals surface area contributed by atoms with Crippen molar-refractivity contribution in [2.24, 2.45) is 34.4 Å². The van der Waals surface area contributed by atoms with Gasteiger partial charge in [-0.3, -0.25) is 0 Å². The van der Waals surface area contributed by atoms with Gasteiger partial charge in [-0.15, -0.1) is 0 Å². The lowest BCUT2D eigenvalue weighted by molar-refractivity contribution is 0.366. The number of hydrogen-bond acceptors (Lipinski definition) is 12. The van der Waals surface area contributed by atoms with Gasteiger partial charge in [-0.05, 0) is 77.8 Å². The van der Waals surface area contributed by atoms with Crippen molar-refractivity contribution >= 4 is 17.2 Å². The van der Waals surface area contributed by atoms with E-state index in [-0.39, 0.29) is 0 Å². The van der Waals surface area contributed by atoms with Gasteiger partial charge in [0.2, 0.25) is 0 Å². The quantitative estimate of drug-likeness (QED) is 0.100. The van der Waals surface area contributed by atoms with E-state index in [2.05, 4.69) is 0 Å². The molecule has 0 aliphatic rings. The zero-order chi connectivity index (χ0) is 25.9. The summed E-state index contributed by atoms with van der Waals surface area (Å²) in [5.41, 5.74) is 31.7. The Labute approximate surface area is 197 Å². The average Bonchev–Trinajstić information content (AvgIpc) is 2.72. The van der Waals surface area contributed by atoms with Crippen LogP contribution in [0.15, 0.2) is 0 Å². The molecule has 14 heteroatoms. The van der Waals surface area contributed by atoms with Crippen LogP contribution in [0.3, 0.4) is 0 Å². The first-order valence-corrected chi connectivity index (χ1v) is 13.5. The van der Waals surface area contributed by atoms with Crippen LogP contribution in [0, 0.1) is 0 Å². The summed E-state index contributed by atoms with van der Waals surface area (Å²) in [6.07, 6.45) is 14.4. The molecule has 0 saturated heterocycles. The molecule has 18 N–H and O–H groups in total. The van der Waals surface area contributed by atoms with E-state index in [1.165, 1.54) is 38.5 Å². The van der Waals surface area contributed by atoms with Crippen LogP contribution in [-0.2, 0) is 0 Å². The van der Waals surface area contributed by atoms with E-state index in [9.17, 15) is 0 Å². The smallest absolute Gasteiger partial charge is 0.324 e. The van der Waals surface area contributed by atoms with Gasteiger partial charge in [0, 0.05) is 0 Å². The van der Waals surface area contributed by atoms with Gasteiger partial charge in [-0.1, -0.05) is 38.5 Å². The van der Waals surface area contributed by atoms with Gasteiger partial charge >= 0.3 is 17.2 Å². The van der Waals surface area contributed by atoms with Gasteiger partial charge in [-0.2, -0.15) is 0 Å². The van der Waals surface area contributed by atoms with Crippen molar-refractivity contribution in [3.05, 3.63) is 0 Å². The summed E-state index contributed by atoms with van der Waals surface area (Å²) in [7, 11) is -5.24. The zero-order valence-corrected chi connectivity index (χ0v) is 21.6. The lowest BCUT2D eigenvalue weighted by atomic mass is 10.2. The molecule has 0 radical (unpaired) electrons. The van der Waals surface area contributed by atoms with Gasteiger partial charge in [0.1, 0.15) is 0 Å². The SMILES string of the molecule is NCCCCCCN.NCCCCCCN.NCCCCCCN.OP(O)O.OP(O)O. The van der Waals surface area contributed by atoms with Crippen LogP contribution in [0.5, 0.6) is 0 Å². The summed E-state index contributed by atoms with van der Waals surface area (Å²) in [4.78, 5) is 43.4. The fourth-order valence-electron chi connectivity index (χ4n) is 1.93. The number of unbranched alkanes of at least 4 members (excludes halogenated alkanes) is 9. The molecule has 12 nitrogen and oxygen atoms in total. The van der Waals surface area contributed by atoms with E-state index in [1.807, 2.05) is 0 Å². The molecule has 202 valence electrons. The van der Waals surface area contributed by atoms with Crippen molar-refractivity contribution in [1.82, 2.24) is 0 Å². The Balaban J connectivity index is -0.0000000980. The first kappa shape index (κ1) is 42.5. The van der Waals surface area contributed by atoms with E-state index in [0.717, 1.165) is 77.8 Å². The second-order valence-electron chi connectivity index (χ2n) is 6.51. The summed E-state index contributed by atoms with van der Waals surface area (Å²) in [6, 6.07) is 0. The first-order chi connectivity index (χ1) is 15.2. The molecule has 0 atom stereocenters. The molecule has 0 amide bonds. The van der Waals surface area contributed by atoms with Gasteiger partial charge in [0.05, 0.1) is 0 Å². The molecule has 0 aromatic rings. The third-order valence-corrected chi connectivity index (χ3v) is 3.47. The highest BCUT2D eigenvalue weighted by molar-refractivity contribution is 7.38. The van der Waals surface area contributed by atoms with E-state index >= 15 is 0 Å². The van der Waals surface area contributed by atoms with Gasteiger partial charge in [-0.25, -0.2) is 0 Å². The molecule has 0 spiro atoms. The summed E-state index contributed by atoms with van der Waals surface area (Å²) < 4.78 is 0. The van der Waals surface area contributed by atoms with Crippen LogP contribution in [0.1, 0.15) is 77.0 Å². The molecule has 0 bridgehead atoms. The summed E-state index contributed by atoms with van der Waals surface area (Å²) >= 11 is 0. The zero-order valence-electron chi connectivity index (χ0n) is 19.8. The lowest BCUT2D eigenvalue weighted by Gasteiger charge is -1.94. The van der Waals surface area contributed by atoms with Crippen LogP contribution >= 0.6 is 17.2 Å². The number of rotatable bonds is 15. The highest BCUT2D eigenvalue weighted by atomic mass is 31.2. The molecule has 0 heterocycles. The normalized spacial score (nSPS) is 9.56. The predicted molar refractivity (Wildman–Crippen MR) is 137 cm³/mol. The second-order valence-corrected chi connectivity index (χ2v) is 7.58. The monoisotopic (exact) mass is 512 g/mol. The highest BCUT2D eigenvalue weighted by Gasteiger charge is 1.85. The largest absolute Gasteiger partial charge is 0.330 e. The maximum atomic E-state index is 7.23. The van der Waals surface area contributed by atoms with Crippen molar-refractivity contribution in [1.29, 1.82) is 0 Å². The molecule has 0 aromatic heterocycles. The maximum absolute atomic E-state index is 7.23.